The molecule has 3 aromatic rings. The molecule has 4 rings (SSSR count). The summed E-state index contributed by atoms with van der Waals surface area (Å²) in [4.78, 5) is 15.6. The van der Waals surface area contributed by atoms with Crippen molar-refractivity contribution >= 4 is 11.6 Å². The molecule has 0 aliphatic carbocycles. The van der Waals surface area contributed by atoms with Crippen molar-refractivity contribution in [3.63, 3.8) is 0 Å². The zero-order chi connectivity index (χ0) is 16.5. The third-order valence-electron chi connectivity index (χ3n) is 4.45. The van der Waals surface area contributed by atoms with E-state index < -0.39 is 0 Å². The highest BCUT2D eigenvalue weighted by Crippen LogP contribution is 2.29. The fourth-order valence-electron chi connectivity index (χ4n) is 3.33. The number of hydrogen-bond acceptors (Lipinski definition) is 7. The highest BCUT2D eigenvalue weighted by Gasteiger charge is 2.27. The Bertz CT molecular complexity index is 840. The minimum Gasteiger partial charge on any atom is -0.356 e. The van der Waals surface area contributed by atoms with Gasteiger partial charge in [0.15, 0.2) is 5.82 Å². The molecule has 1 saturated heterocycles. The summed E-state index contributed by atoms with van der Waals surface area (Å²) >= 11 is 0. The molecule has 0 amide bonds. The van der Waals surface area contributed by atoms with Gasteiger partial charge in [0.1, 0.15) is 12.1 Å². The second-order valence-electron chi connectivity index (χ2n) is 6.28. The van der Waals surface area contributed by atoms with Crippen LogP contribution < -0.4 is 4.90 Å². The van der Waals surface area contributed by atoms with E-state index in [1.807, 2.05) is 11.4 Å². The van der Waals surface area contributed by atoms with Crippen molar-refractivity contribution in [2.24, 2.45) is 0 Å². The Hall–Kier alpha value is -2.51. The largest absolute Gasteiger partial charge is 0.356 e. The van der Waals surface area contributed by atoms with Crippen LogP contribution in [-0.2, 0) is 6.42 Å². The number of fused-ring (bicyclic) bond motifs is 1. The first-order valence-electron chi connectivity index (χ1n) is 8.49. The smallest absolute Gasteiger partial charge is 0.254 e. The van der Waals surface area contributed by atoms with Crippen LogP contribution in [-0.4, -0.2) is 42.8 Å². The molecule has 8 heteroatoms. The molecule has 1 unspecified atom stereocenters. The molecule has 0 N–H and O–H groups in total. The molecule has 0 aromatic carbocycles. The van der Waals surface area contributed by atoms with Gasteiger partial charge in [-0.2, -0.15) is 19.6 Å². The molecule has 1 atom stereocenters. The molecular weight excluding hydrogens is 306 g/mol. The lowest BCUT2D eigenvalue weighted by atomic mass is 9.97. The minimum absolute atomic E-state index is 0.276. The van der Waals surface area contributed by atoms with Gasteiger partial charge in [-0.1, -0.05) is 18.5 Å². The van der Waals surface area contributed by atoms with Gasteiger partial charge >= 0.3 is 0 Å². The van der Waals surface area contributed by atoms with E-state index in [9.17, 15) is 0 Å². The summed E-state index contributed by atoms with van der Waals surface area (Å²) in [5, 5.41) is 8.46. The second kappa shape index (κ2) is 6.18. The maximum absolute atomic E-state index is 5.15. The zero-order valence-corrected chi connectivity index (χ0v) is 14.0. The summed E-state index contributed by atoms with van der Waals surface area (Å²) in [7, 11) is 0. The Kier molecular flexibility index (Phi) is 3.87. The standard InChI is InChI=1S/C16H21N7O/c1-3-5-13-8-14(23-16(20-13)17-10-18-23)22-7-4-6-12(9-22)15-19-11(2)24-21-15/h8,10,12H,3-7,9H2,1-2H3. The average molecular weight is 327 g/mol. The molecule has 0 spiro atoms. The fraction of sp³-hybridized carbons (Fsp3) is 0.562. The molecule has 24 heavy (non-hydrogen) atoms. The zero-order valence-electron chi connectivity index (χ0n) is 14.0. The van der Waals surface area contributed by atoms with Crippen molar-refractivity contribution in [2.45, 2.75) is 45.4 Å². The molecule has 1 fully saturated rings. The van der Waals surface area contributed by atoms with Crippen LogP contribution in [0.4, 0.5) is 5.82 Å². The van der Waals surface area contributed by atoms with Crippen LogP contribution in [0.15, 0.2) is 16.9 Å². The molecule has 1 aliphatic heterocycles. The highest BCUT2D eigenvalue weighted by atomic mass is 16.5. The topological polar surface area (TPSA) is 85.2 Å². The van der Waals surface area contributed by atoms with E-state index in [0.717, 1.165) is 56.1 Å². The van der Waals surface area contributed by atoms with E-state index >= 15 is 0 Å². The number of piperidine rings is 1. The lowest BCUT2D eigenvalue weighted by molar-refractivity contribution is 0.376. The summed E-state index contributed by atoms with van der Waals surface area (Å²) < 4.78 is 6.97. The number of nitrogens with zero attached hydrogens (tertiary/aromatic N) is 7. The lowest BCUT2D eigenvalue weighted by Crippen LogP contribution is -2.36. The maximum Gasteiger partial charge on any atom is 0.254 e. The maximum atomic E-state index is 5.15. The van der Waals surface area contributed by atoms with Gasteiger partial charge in [-0.3, -0.25) is 0 Å². The summed E-state index contributed by atoms with van der Waals surface area (Å²) in [5.74, 6) is 3.40. The first kappa shape index (κ1) is 15.0. The minimum atomic E-state index is 0.276. The van der Waals surface area contributed by atoms with E-state index in [4.69, 9.17) is 4.52 Å². The van der Waals surface area contributed by atoms with Crippen LogP contribution in [0.5, 0.6) is 0 Å². The lowest BCUT2D eigenvalue weighted by Gasteiger charge is -2.33. The molecule has 4 heterocycles. The molecule has 0 saturated carbocycles. The van der Waals surface area contributed by atoms with Gasteiger partial charge in [0.2, 0.25) is 5.89 Å². The fourth-order valence-corrected chi connectivity index (χ4v) is 3.33. The van der Waals surface area contributed by atoms with Gasteiger partial charge in [0.05, 0.1) is 0 Å². The number of rotatable bonds is 4. The number of anilines is 1. The predicted octanol–water partition coefficient (Wildman–Crippen LogP) is 2.15. The van der Waals surface area contributed by atoms with Crippen molar-refractivity contribution in [3.05, 3.63) is 29.8 Å². The number of aryl methyl sites for hydroxylation is 2. The van der Waals surface area contributed by atoms with Crippen molar-refractivity contribution in [1.82, 2.24) is 29.7 Å². The Morgan fingerprint density at radius 3 is 3.04 bits per heavy atom. The third kappa shape index (κ3) is 2.72. The Morgan fingerprint density at radius 1 is 1.33 bits per heavy atom. The summed E-state index contributed by atoms with van der Waals surface area (Å²) in [5.41, 5.74) is 1.06. The normalized spacial score (nSPS) is 18.4. The quantitative estimate of drug-likeness (QED) is 0.725. The first-order valence-corrected chi connectivity index (χ1v) is 8.49. The van der Waals surface area contributed by atoms with Gasteiger partial charge < -0.3 is 9.42 Å². The van der Waals surface area contributed by atoms with E-state index in [2.05, 4.69) is 43.1 Å². The number of hydrogen-bond donors (Lipinski definition) is 0. The summed E-state index contributed by atoms with van der Waals surface area (Å²) in [6.07, 6.45) is 5.72. The van der Waals surface area contributed by atoms with Gasteiger partial charge in [0.25, 0.3) is 5.78 Å². The molecule has 1 aliphatic rings. The van der Waals surface area contributed by atoms with Gasteiger partial charge in [0, 0.05) is 37.7 Å². The Labute approximate surface area is 139 Å². The predicted molar refractivity (Wildman–Crippen MR) is 88.0 cm³/mol. The molecule has 8 nitrogen and oxygen atoms in total. The average Bonchev–Trinajstić information content (AvgIpc) is 3.23. The van der Waals surface area contributed by atoms with Crippen molar-refractivity contribution in [3.8, 4) is 0 Å². The molecular formula is C16H21N7O. The van der Waals surface area contributed by atoms with Crippen LogP contribution in [0, 0.1) is 6.92 Å². The Morgan fingerprint density at radius 2 is 2.25 bits per heavy atom. The first-order chi connectivity index (χ1) is 11.7. The monoisotopic (exact) mass is 327 g/mol. The van der Waals surface area contributed by atoms with Crippen molar-refractivity contribution in [1.29, 1.82) is 0 Å². The van der Waals surface area contributed by atoms with Crippen LogP contribution in [0.1, 0.15) is 49.5 Å². The van der Waals surface area contributed by atoms with Crippen LogP contribution in [0.2, 0.25) is 0 Å². The summed E-state index contributed by atoms with van der Waals surface area (Å²) in [6.45, 7) is 5.82. The van der Waals surface area contributed by atoms with E-state index in [1.54, 1.807) is 6.33 Å². The van der Waals surface area contributed by atoms with E-state index in [0.29, 0.717) is 11.7 Å². The Balaban J connectivity index is 1.67. The van der Waals surface area contributed by atoms with Gasteiger partial charge in [-0.05, 0) is 19.3 Å². The van der Waals surface area contributed by atoms with Crippen LogP contribution in [0.3, 0.4) is 0 Å². The summed E-state index contributed by atoms with van der Waals surface area (Å²) in [6, 6.07) is 2.13. The van der Waals surface area contributed by atoms with Crippen molar-refractivity contribution in [2.75, 3.05) is 18.0 Å². The number of aromatic nitrogens is 6. The molecule has 0 radical (unpaired) electrons. The van der Waals surface area contributed by atoms with E-state index in [1.165, 1.54) is 0 Å². The van der Waals surface area contributed by atoms with Crippen LogP contribution in [0.25, 0.3) is 5.78 Å². The second-order valence-corrected chi connectivity index (χ2v) is 6.28. The highest BCUT2D eigenvalue weighted by molar-refractivity contribution is 5.48. The third-order valence-corrected chi connectivity index (χ3v) is 4.45. The van der Waals surface area contributed by atoms with E-state index in [-0.39, 0.29) is 5.92 Å². The molecule has 3 aromatic heterocycles. The van der Waals surface area contributed by atoms with Crippen LogP contribution >= 0.6 is 0 Å². The van der Waals surface area contributed by atoms with Crippen molar-refractivity contribution < 1.29 is 4.52 Å². The molecule has 126 valence electrons. The van der Waals surface area contributed by atoms with Gasteiger partial charge in [-0.15, -0.1) is 0 Å². The van der Waals surface area contributed by atoms with Gasteiger partial charge in [-0.25, -0.2) is 4.98 Å². The SMILES string of the molecule is CCCc1cc(N2CCCC(c3noc(C)n3)C2)n2ncnc2n1. The molecule has 0 bridgehead atoms.